The molecule has 1 fully saturated rings. The van der Waals surface area contributed by atoms with Gasteiger partial charge in [0.05, 0.1) is 15.2 Å². The number of pyridine rings is 1. The molecule has 0 aliphatic heterocycles. The first-order valence-corrected chi connectivity index (χ1v) is 8.64. The number of hydrogen-bond acceptors (Lipinski definition) is 2. The molecule has 1 heterocycles. The van der Waals surface area contributed by atoms with Crippen LogP contribution >= 0.6 is 50.1 Å². The van der Waals surface area contributed by atoms with E-state index < -0.39 is 0 Å². The maximum atomic E-state index is 6.26. The van der Waals surface area contributed by atoms with E-state index in [1.54, 1.807) is 6.20 Å². The van der Waals surface area contributed by atoms with E-state index in [1.807, 2.05) is 18.2 Å². The van der Waals surface area contributed by atoms with Gasteiger partial charge in [0.25, 0.3) is 0 Å². The SMILES string of the molecule is Clc1cc(I)c(OCC2(CBr)CC2)c2ncccc12. The van der Waals surface area contributed by atoms with Crippen molar-refractivity contribution in [3.05, 3.63) is 33.0 Å². The van der Waals surface area contributed by atoms with Gasteiger partial charge in [-0.2, -0.15) is 0 Å². The molecule has 1 aromatic heterocycles. The van der Waals surface area contributed by atoms with E-state index in [2.05, 4.69) is 43.5 Å². The molecule has 1 aliphatic carbocycles. The summed E-state index contributed by atoms with van der Waals surface area (Å²) < 4.78 is 7.08. The molecule has 0 atom stereocenters. The summed E-state index contributed by atoms with van der Waals surface area (Å²) in [5, 5.41) is 2.67. The van der Waals surface area contributed by atoms with E-state index in [9.17, 15) is 0 Å². The Bertz CT molecular complexity index is 630. The van der Waals surface area contributed by atoms with Gasteiger partial charge in [0.2, 0.25) is 0 Å². The molecule has 100 valence electrons. The van der Waals surface area contributed by atoms with Crippen LogP contribution in [0.1, 0.15) is 12.8 Å². The number of benzene rings is 1. The highest BCUT2D eigenvalue weighted by Crippen LogP contribution is 2.48. The molecule has 1 saturated carbocycles. The fourth-order valence-corrected chi connectivity index (χ4v) is 3.89. The van der Waals surface area contributed by atoms with Crippen molar-refractivity contribution in [3.8, 4) is 5.75 Å². The van der Waals surface area contributed by atoms with Crippen molar-refractivity contribution < 1.29 is 4.74 Å². The van der Waals surface area contributed by atoms with E-state index in [0.717, 1.165) is 37.2 Å². The first-order valence-electron chi connectivity index (χ1n) is 6.07. The van der Waals surface area contributed by atoms with Gasteiger partial charge < -0.3 is 4.74 Å². The van der Waals surface area contributed by atoms with Crippen LogP contribution in [0.5, 0.6) is 5.75 Å². The second-order valence-corrected chi connectivity index (χ2v) is 7.12. The van der Waals surface area contributed by atoms with Gasteiger partial charge in [0.1, 0.15) is 5.52 Å². The molecule has 0 N–H and O–H groups in total. The van der Waals surface area contributed by atoms with E-state index >= 15 is 0 Å². The van der Waals surface area contributed by atoms with Crippen LogP contribution in [0, 0.1) is 8.99 Å². The highest BCUT2D eigenvalue weighted by atomic mass is 127. The number of halogens is 3. The molecular formula is C14H12BrClINO. The number of hydrogen-bond donors (Lipinski definition) is 0. The van der Waals surface area contributed by atoms with Crippen molar-refractivity contribution in [2.45, 2.75) is 12.8 Å². The molecule has 0 bridgehead atoms. The minimum atomic E-state index is 0.323. The summed E-state index contributed by atoms with van der Waals surface area (Å²) in [6, 6.07) is 5.81. The number of ether oxygens (including phenoxy) is 1. The maximum Gasteiger partial charge on any atom is 0.158 e. The fourth-order valence-electron chi connectivity index (χ4n) is 2.00. The van der Waals surface area contributed by atoms with Gasteiger partial charge in [-0.15, -0.1) is 0 Å². The molecule has 1 aliphatic rings. The number of nitrogens with zero attached hydrogens (tertiary/aromatic N) is 1. The number of fused-ring (bicyclic) bond motifs is 1. The average Bonchev–Trinajstić information content (AvgIpc) is 3.19. The monoisotopic (exact) mass is 451 g/mol. The summed E-state index contributed by atoms with van der Waals surface area (Å²) in [6.07, 6.45) is 4.24. The van der Waals surface area contributed by atoms with Crippen molar-refractivity contribution >= 4 is 61.0 Å². The molecule has 0 spiro atoms. The van der Waals surface area contributed by atoms with E-state index in [-0.39, 0.29) is 0 Å². The summed E-state index contributed by atoms with van der Waals surface area (Å²) in [6.45, 7) is 0.738. The lowest BCUT2D eigenvalue weighted by atomic mass is 10.1. The number of rotatable bonds is 4. The predicted octanol–water partition coefficient (Wildman–Crippen LogP) is 5.05. The van der Waals surface area contributed by atoms with Crippen LogP contribution in [0.3, 0.4) is 0 Å². The Balaban J connectivity index is 1.98. The first kappa shape index (κ1) is 13.9. The third-order valence-corrected chi connectivity index (χ3v) is 5.82. The first-order chi connectivity index (χ1) is 9.15. The minimum Gasteiger partial charge on any atom is -0.490 e. The summed E-state index contributed by atoms with van der Waals surface area (Å²) >= 11 is 12.1. The maximum absolute atomic E-state index is 6.26. The van der Waals surface area contributed by atoms with Gasteiger partial charge in [-0.3, -0.25) is 4.98 Å². The lowest BCUT2D eigenvalue weighted by Crippen LogP contribution is -2.15. The van der Waals surface area contributed by atoms with Crippen LogP contribution in [0.2, 0.25) is 5.02 Å². The Morgan fingerprint density at radius 1 is 1.47 bits per heavy atom. The summed E-state index contributed by atoms with van der Waals surface area (Å²) in [4.78, 5) is 4.42. The molecule has 0 radical (unpaired) electrons. The van der Waals surface area contributed by atoms with Crippen LogP contribution in [0.25, 0.3) is 10.9 Å². The third kappa shape index (κ3) is 2.72. The lowest BCUT2D eigenvalue weighted by Gasteiger charge is -2.16. The van der Waals surface area contributed by atoms with E-state index in [0.29, 0.717) is 5.41 Å². The standard InChI is InChI=1S/C14H12BrClINO/c15-7-14(3-4-14)8-19-13-11(17)6-10(16)9-2-1-5-18-12(9)13/h1-2,5-6H,3-4,7-8H2. The number of aromatic nitrogens is 1. The normalized spacial score (nSPS) is 16.6. The third-order valence-electron chi connectivity index (χ3n) is 3.51. The second kappa shape index (κ2) is 5.37. The molecule has 3 rings (SSSR count). The molecule has 1 aromatic carbocycles. The van der Waals surface area contributed by atoms with Gasteiger partial charge in [0, 0.05) is 22.3 Å². The van der Waals surface area contributed by atoms with Crippen LogP contribution in [0.15, 0.2) is 24.4 Å². The van der Waals surface area contributed by atoms with Gasteiger partial charge in [-0.25, -0.2) is 0 Å². The number of alkyl halides is 1. The molecular weight excluding hydrogens is 440 g/mol. The van der Waals surface area contributed by atoms with Gasteiger partial charge in [0.15, 0.2) is 5.75 Å². The topological polar surface area (TPSA) is 22.1 Å². The van der Waals surface area contributed by atoms with E-state index in [1.165, 1.54) is 12.8 Å². The highest BCUT2D eigenvalue weighted by molar-refractivity contribution is 14.1. The Morgan fingerprint density at radius 3 is 2.95 bits per heavy atom. The summed E-state index contributed by atoms with van der Waals surface area (Å²) in [5.41, 5.74) is 1.17. The zero-order valence-corrected chi connectivity index (χ0v) is 14.6. The molecule has 0 amide bonds. The Kier molecular flexibility index (Phi) is 3.93. The molecule has 5 heteroatoms. The predicted molar refractivity (Wildman–Crippen MR) is 90.4 cm³/mol. The Labute approximate surface area is 139 Å². The van der Waals surface area contributed by atoms with Crippen molar-refractivity contribution in [2.75, 3.05) is 11.9 Å². The molecule has 0 saturated heterocycles. The Morgan fingerprint density at radius 2 is 2.26 bits per heavy atom. The van der Waals surface area contributed by atoms with Gasteiger partial charge >= 0.3 is 0 Å². The average molecular weight is 453 g/mol. The molecule has 2 nitrogen and oxygen atoms in total. The summed E-state index contributed by atoms with van der Waals surface area (Å²) in [7, 11) is 0. The van der Waals surface area contributed by atoms with Gasteiger partial charge in [-0.1, -0.05) is 27.5 Å². The minimum absolute atomic E-state index is 0.323. The molecule has 0 unspecified atom stereocenters. The molecule has 2 aromatic rings. The summed E-state index contributed by atoms with van der Waals surface area (Å²) in [5.74, 6) is 0.854. The zero-order chi connectivity index (χ0) is 13.5. The van der Waals surface area contributed by atoms with Crippen molar-refractivity contribution in [1.29, 1.82) is 0 Å². The highest BCUT2D eigenvalue weighted by Gasteiger charge is 2.42. The van der Waals surface area contributed by atoms with Crippen LogP contribution < -0.4 is 4.74 Å². The van der Waals surface area contributed by atoms with Crippen LogP contribution in [-0.4, -0.2) is 16.9 Å². The van der Waals surface area contributed by atoms with Crippen molar-refractivity contribution in [1.82, 2.24) is 4.98 Å². The van der Waals surface area contributed by atoms with Gasteiger partial charge in [-0.05, 0) is 53.6 Å². The second-order valence-electron chi connectivity index (χ2n) is 4.99. The van der Waals surface area contributed by atoms with Crippen molar-refractivity contribution in [2.24, 2.45) is 5.41 Å². The van der Waals surface area contributed by atoms with Crippen molar-refractivity contribution in [3.63, 3.8) is 0 Å². The zero-order valence-electron chi connectivity index (χ0n) is 10.1. The van der Waals surface area contributed by atoms with Crippen LogP contribution in [0.4, 0.5) is 0 Å². The lowest BCUT2D eigenvalue weighted by molar-refractivity contribution is 0.252. The van der Waals surface area contributed by atoms with Crippen LogP contribution in [-0.2, 0) is 0 Å². The van der Waals surface area contributed by atoms with E-state index in [4.69, 9.17) is 16.3 Å². The molecule has 19 heavy (non-hydrogen) atoms. The largest absolute Gasteiger partial charge is 0.490 e. The quantitative estimate of drug-likeness (QED) is 0.479. The smallest absolute Gasteiger partial charge is 0.158 e. The fraction of sp³-hybridized carbons (Fsp3) is 0.357. The Hall–Kier alpha value is -0.0700.